The van der Waals surface area contributed by atoms with E-state index in [9.17, 15) is 0 Å². The van der Waals surface area contributed by atoms with Crippen LogP contribution >= 0.6 is 0 Å². The lowest BCUT2D eigenvalue weighted by Crippen LogP contribution is -2.00. The van der Waals surface area contributed by atoms with Gasteiger partial charge in [-0.15, -0.1) is 0 Å². The summed E-state index contributed by atoms with van der Waals surface area (Å²) in [5, 5.41) is 2.21. The van der Waals surface area contributed by atoms with Crippen molar-refractivity contribution in [2.24, 2.45) is 0 Å². The van der Waals surface area contributed by atoms with Crippen molar-refractivity contribution in [3.8, 4) is 28.1 Å². The Bertz CT molecular complexity index is 2220. The predicted molar refractivity (Wildman–Crippen MR) is 163 cm³/mol. The summed E-state index contributed by atoms with van der Waals surface area (Å²) >= 11 is 0. The van der Waals surface area contributed by atoms with Crippen LogP contribution in [-0.4, -0.2) is 23.9 Å². The van der Waals surface area contributed by atoms with Gasteiger partial charge in [-0.3, -0.25) is 8.97 Å². The summed E-state index contributed by atoms with van der Waals surface area (Å²) < 4.78 is 4.34. The zero-order valence-corrected chi connectivity index (χ0v) is 22.0. The van der Waals surface area contributed by atoms with Crippen LogP contribution in [0.3, 0.4) is 0 Å². The van der Waals surface area contributed by atoms with Gasteiger partial charge in [0.1, 0.15) is 17.0 Å². The van der Waals surface area contributed by atoms with E-state index >= 15 is 0 Å². The summed E-state index contributed by atoms with van der Waals surface area (Å²) in [5.74, 6) is 1.06. The molecule has 0 unspecified atom stereocenters. The molecule has 0 atom stereocenters. The molecule has 0 fully saturated rings. The fourth-order valence-corrected chi connectivity index (χ4v) is 5.82. The van der Waals surface area contributed by atoms with E-state index < -0.39 is 0 Å². The van der Waals surface area contributed by atoms with Gasteiger partial charge in [0.25, 0.3) is 0 Å². The minimum Gasteiger partial charge on any atom is -0.296 e. The van der Waals surface area contributed by atoms with Crippen molar-refractivity contribution in [3.05, 3.63) is 127 Å². The first-order valence-corrected chi connectivity index (χ1v) is 13.6. The SMILES string of the molecule is CCc1nc2ccccc2n1-c1cccc(-c2cccc(-c3nc4c(nc5ccccn54)c4ccccc34)c2)c1. The lowest BCUT2D eigenvalue weighted by atomic mass is 9.98. The molecular weight excluding hydrogens is 490 g/mol. The van der Waals surface area contributed by atoms with Crippen LogP contribution in [0.15, 0.2) is 121 Å². The van der Waals surface area contributed by atoms with E-state index in [1.54, 1.807) is 0 Å². The highest BCUT2D eigenvalue weighted by molar-refractivity contribution is 6.09. The van der Waals surface area contributed by atoms with Gasteiger partial charge in [-0.1, -0.05) is 79.7 Å². The third kappa shape index (κ3) is 3.45. The van der Waals surface area contributed by atoms with Crippen molar-refractivity contribution in [1.82, 2.24) is 23.9 Å². The van der Waals surface area contributed by atoms with E-state index in [4.69, 9.17) is 15.0 Å². The first-order valence-electron chi connectivity index (χ1n) is 13.6. The summed E-state index contributed by atoms with van der Waals surface area (Å²) in [4.78, 5) is 15.0. The molecule has 0 spiro atoms. The van der Waals surface area contributed by atoms with Crippen LogP contribution in [-0.2, 0) is 6.42 Å². The number of para-hydroxylation sites is 2. The smallest absolute Gasteiger partial charge is 0.165 e. The van der Waals surface area contributed by atoms with E-state index in [2.05, 4.69) is 107 Å². The Hall–Kier alpha value is -5.29. The standard InChI is InChI=1S/C35H25N5/c1-2-31-36-29-17-5-6-18-30(29)40(31)26-14-10-12-24(22-26)23-11-9-13-25(21-23)33-27-15-3-4-16-28(27)34-35(38-33)39-20-8-7-19-32(39)37-34/h3-22H,2H2,1H3. The second kappa shape index (κ2) is 8.89. The van der Waals surface area contributed by atoms with Gasteiger partial charge in [0.05, 0.1) is 16.7 Å². The van der Waals surface area contributed by atoms with Gasteiger partial charge in [0, 0.05) is 34.6 Å². The highest BCUT2D eigenvalue weighted by Gasteiger charge is 2.16. The molecule has 0 aliphatic carbocycles. The molecule has 0 saturated carbocycles. The highest BCUT2D eigenvalue weighted by Crippen LogP contribution is 2.35. The van der Waals surface area contributed by atoms with E-state index in [1.807, 2.05) is 30.5 Å². The maximum atomic E-state index is 5.20. The molecule has 8 rings (SSSR count). The molecular formula is C35H25N5. The fraction of sp³-hybridized carbons (Fsp3) is 0.0571. The van der Waals surface area contributed by atoms with Crippen LogP contribution in [0.25, 0.3) is 66.7 Å². The number of aromatic nitrogens is 5. The maximum Gasteiger partial charge on any atom is 0.165 e. The van der Waals surface area contributed by atoms with Crippen LogP contribution in [0.5, 0.6) is 0 Å². The molecule has 0 amide bonds. The summed E-state index contributed by atoms with van der Waals surface area (Å²) in [6.45, 7) is 2.16. The Morgan fingerprint density at radius 1 is 0.625 bits per heavy atom. The van der Waals surface area contributed by atoms with Crippen molar-refractivity contribution in [3.63, 3.8) is 0 Å². The Labute approximate surface area is 231 Å². The van der Waals surface area contributed by atoms with Crippen molar-refractivity contribution in [2.45, 2.75) is 13.3 Å². The average molecular weight is 516 g/mol. The number of hydrogen-bond donors (Lipinski definition) is 0. The monoisotopic (exact) mass is 515 g/mol. The first kappa shape index (κ1) is 22.7. The molecule has 190 valence electrons. The number of nitrogens with zero attached hydrogens (tertiary/aromatic N) is 5. The van der Waals surface area contributed by atoms with Crippen LogP contribution in [0, 0.1) is 0 Å². The van der Waals surface area contributed by atoms with Gasteiger partial charge in [0.15, 0.2) is 5.65 Å². The maximum absolute atomic E-state index is 5.20. The van der Waals surface area contributed by atoms with Crippen molar-refractivity contribution in [1.29, 1.82) is 0 Å². The Kier molecular flexibility index (Phi) is 5.04. The van der Waals surface area contributed by atoms with Crippen molar-refractivity contribution in [2.75, 3.05) is 0 Å². The molecule has 0 radical (unpaired) electrons. The van der Waals surface area contributed by atoms with Gasteiger partial charge >= 0.3 is 0 Å². The molecule has 0 aliphatic rings. The van der Waals surface area contributed by atoms with Crippen LogP contribution < -0.4 is 0 Å². The van der Waals surface area contributed by atoms with E-state index in [0.29, 0.717) is 0 Å². The second-order valence-corrected chi connectivity index (χ2v) is 10.1. The number of benzene rings is 4. The van der Waals surface area contributed by atoms with Gasteiger partial charge < -0.3 is 0 Å². The molecule has 5 heteroatoms. The highest BCUT2D eigenvalue weighted by atomic mass is 15.1. The summed E-state index contributed by atoms with van der Waals surface area (Å²) in [6.07, 6.45) is 2.89. The van der Waals surface area contributed by atoms with E-state index in [0.717, 1.165) is 78.9 Å². The normalized spacial score (nSPS) is 11.7. The van der Waals surface area contributed by atoms with Crippen LogP contribution in [0.2, 0.25) is 0 Å². The van der Waals surface area contributed by atoms with E-state index in [-0.39, 0.29) is 0 Å². The predicted octanol–water partition coefficient (Wildman–Crippen LogP) is 8.27. The Morgan fingerprint density at radius 2 is 1.38 bits per heavy atom. The van der Waals surface area contributed by atoms with E-state index in [1.165, 1.54) is 0 Å². The number of fused-ring (bicyclic) bond motifs is 6. The van der Waals surface area contributed by atoms with Gasteiger partial charge in [0.2, 0.25) is 0 Å². The summed E-state index contributed by atoms with van der Waals surface area (Å²) in [5.41, 5.74) is 10.3. The minimum absolute atomic E-state index is 0.860. The molecule has 5 nitrogen and oxygen atoms in total. The third-order valence-corrected chi connectivity index (χ3v) is 7.68. The Morgan fingerprint density at radius 3 is 2.27 bits per heavy atom. The number of imidazole rings is 2. The molecule has 0 saturated heterocycles. The second-order valence-electron chi connectivity index (χ2n) is 10.1. The molecule has 0 aliphatic heterocycles. The lowest BCUT2D eigenvalue weighted by Gasteiger charge is -2.12. The lowest BCUT2D eigenvalue weighted by molar-refractivity contribution is 0.908. The number of rotatable bonds is 4. The van der Waals surface area contributed by atoms with Crippen LogP contribution in [0.1, 0.15) is 12.7 Å². The number of pyridine rings is 2. The third-order valence-electron chi connectivity index (χ3n) is 7.68. The summed E-state index contributed by atoms with van der Waals surface area (Å²) in [6, 6.07) is 40.2. The molecule has 40 heavy (non-hydrogen) atoms. The number of hydrogen-bond acceptors (Lipinski definition) is 3. The Balaban J connectivity index is 1.30. The zero-order valence-electron chi connectivity index (χ0n) is 22.0. The van der Waals surface area contributed by atoms with Gasteiger partial charge in [-0.05, 0) is 53.6 Å². The topological polar surface area (TPSA) is 48.0 Å². The van der Waals surface area contributed by atoms with Gasteiger partial charge in [-0.2, -0.15) is 0 Å². The minimum atomic E-state index is 0.860. The van der Waals surface area contributed by atoms with Crippen molar-refractivity contribution < 1.29 is 0 Å². The van der Waals surface area contributed by atoms with Crippen molar-refractivity contribution >= 4 is 38.6 Å². The average Bonchev–Trinajstić information content (AvgIpc) is 3.59. The summed E-state index contributed by atoms with van der Waals surface area (Å²) in [7, 11) is 0. The molecule has 4 heterocycles. The largest absolute Gasteiger partial charge is 0.296 e. The van der Waals surface area contributed by atoms with Gasteiger partial charge in [-0.25, -0.2) is 15.0 Å². The number of aryl methyl sites for hydroxylation is 1. The molecule has 4 aromatic carbocycles. The molecule has 8 aromatic rings. The molecule has 4 aromatic heterocycles. The zero-order chi connectivity index (χ0) is 26.6. The van der Waals surface area contributed by atoms with Crippen LogP contribution in [0.4, 0.5) is 0 Å². The quantitative estimate of drug-likeness (QED) is 0.237. The fourth-order valence-electron chi connectivity index (χ4n) is 5.82. The first-order chi connectivity index (χ1) is 19.8. The molecule has 0 bridgehead atoms. The molecule has 0 N–H and O–H groups in total.